The Kier molecular flexibility index (Phi) is 7.66. The number of methoxy groups -OCH3 is 2. The number of nitrogens with one attached hydrogen (secondary N) is 2. The summed E-state index contributed by atoms with van der Waals surface area (Å²) < 4.78 is 58.4. The first-order chi connectivity index (χ1) is 19.8. The van der Waals surface area contributed by atoms with Crippen LogP contribution in [0.5, 0.6) is 11.5 Å². The van der Waals surface area contributed by atoms with Crippen molar-refractivity contribution in [1.82, 2.24) is 0 Å². The molecule has 5 rings (SSSR count). The van der Waals surface area contributed by atoms with Gasteiger partial charge in [0.25, 0.3) is 18.1 Å². The van der Waals surface area contributed by atoms with E-state index in [9.17, 15) is 26.4 Å². The van der Waals surface area contributed by atoms with Crippen molar-refractivity contribution in [3.8, 4) is 11.5 Å². The quantitative estimate of drug-likeness (QED) is 0.198. The maximum atomic E-state index is 13.9. The van der Waals surface area contributed by atoms with E-state index in [0.717, 1.165) is 0 Å². The summed E-state index contributed by atoms with van der Waals surface area (Å²) in [5.74, 6) is -0.410. The Balaban J connectivity index is 1.59. The highest BCUT2D eigenvalue weighted by Crippen LogP contribution is 2.40. The van der Waals surface area contributed by atoms with E-state index in [-0.39, 0.29) is 66.3 Å². The van der Waals surface area contributed by atoms with Crippen molar-refractivity contribution in [2.24, 2.45) is 0 Å². The minimum Gasteiger partial charge on any atom is -0.495 e. The lowest BCUT2D eigenvalue weighted by Gasteiger charge is -2.24. The van der Waals surface area contributed by atoms with E-state index < -0.39 is 29.7 Å². The average Bonchev–Trinajstić information content (AvgIpc) is 2.94. The van der Waals surface area contributed by atoms with Crippen molar-refractivity contribution < 1.29 is 35.9 Å². The summed E-state index contributed by atoms with van der Waals surface area (Å²) in [5, 5.41) is 6.03. The molecule has 2 N–H and O–H groups in total. The topological polar surface area (TPSA) is 145 Å². The molecule has 0 aliphatic heterocycles. The number of carbonyl (C=O) groups is 2. The molecular weight excluding hydrogens is 627 g/mol. The molecular formula is C28H20Cl2N2O8S2. The van der Waals surface area contributed by atoms with Gasteiger partial charge >= 0.3 is 0 Å². The molecule has 1 aliphatic rings. The molecule has 0 bridgehead atoms. The smallest absolute Gasteiger partial charge is 0.261 e. The first-order valence-electron chi connectivity index (χ1n) is 12.0. The van der Waals surface area contributed by atoms with Crippen LogP contribution in [0, 0.1) is 0 Å². The second-order valence-corrected chi connectivity index (χ2v) is 14.1. The van der Waals surface area contributed by atoms with Crippen LogP contribution in [0.1, 0.15) is 31.8 Å². The minimum atomic E-state index is -4.07. The van der Waals surface area contributed by atoms with Crippen LogP contribution in [-0.2, 0) is 18.1 Å². The maximum Gasteiger partial charge on any atom is 0.261 e. The number of rotatable bonds is 8. The molecule has 0 amide bonds. The van der Waals surface area contributed by atoms with Gasteiger partial charge in [0.1, 0.15) is 11.5 Å². The predicted molar refractivity (Wildman–Crippen MR) is 158 cm³/mol. The molecule has 14 heteroatoms. The monoisotopic (exact) mass is 646 g/mol. The molecule has 0 atom stereocenters. The molecule has 0 heterocycles. The third kappa shape index (κ3) is 5.41. The summed E-state index contributed by atoms with van der Waals surface area (Å²) in [7, 11) is 5.69. The lowest BCUT2D eigenvalue weighted by molar-refractivity contribution is 0.0980. The summed E-state index contributed by atoms with van der Waals surface area (Å²) in [5.41, 5.74) is 1.21. The van der Waals surface area contributed by atoms with Crippen LogP contribution in [0.25, 0.3) is 0 Å². The number of ether oxygens (including phenoxy) is 2. The Bertz CT molecular complexity index is 1870. The fourth-order valence-electron chi connectivity index (χ4n) is 4.61. The highest BCUT2D eigenvalue weighted by molar-refractivity contribution is 8.14. The molecule has 0 saturated carbocycles. The fraction of sp³-hybridized carbons (Fsp3) is 0.0714. The number of hydrogen-bond acceptors (Lipinski definition) is 10. The third-order valence-electron chi connectivity index (χ3n) is 6.52. The van der Waals surface area contributed by atoms with Gasteiger partial charge in [-0.3, -0.25) is 9.59 Å². The van der Waals surface area contributed by atoms with Crippen LogP contribution in [0.4, 0.5) is 22.7 Å². The highest BCUT2D eigenvalue weighted by Gasteiger charge is 2.34. The predicted octanol–water partition coefficient (Wildman–Crippen LogP) is 5.82. The SMILES string of the molecule is COc1ccc(S(=O)(=O)Cl)cc1Nc1cccc2c1C(=O)c1cccc(Nc3cc(S(=O)(=O)Cl)ccc3OC)c1C2=O. The first-order valence-corrected chi connectivity index (χ1v) is 16.6. The van der Waals surface area contributed by atoms with Crippen molar-refractivity contribution in [2.75, 3.05) is 24.9 Å². The van der Waals surface area contributed by atoms with Gasteiger partial charge in [0, 0.05) is 32.5 Å². The van der Waals surface area contributed by atoms with E-state index in [0.29, 0.717) is 0 Å². The highest BCUT2D eigenvalue weighted by atomic mass is 35.7. The average molecular weight is 648 g/mol. The van der Waals surface area contributed by atoms with Crippen molar-refractivity contribution in [2.45, 2.75) is 9.79 Å². The van der Waals surface area contributed by atoms with Crippen LogP contribution in [0.2, 0.25) is 0 Å². The van der Waals surface area contributed by atoms with Gasteiger partial charge in [0.15, 0.2) is 11.6 Å². The van der Waals surface area contributed by atoms with Gasteiger partial charge in [-0.15, -0.1) is 0 Å². The van der Waals surface area contributed by atoms with E-state index in [1.54, 1.807) is 24.3 Å². The van der Waals surface area contributed by atoms with Crippen molar-refractivity contribution in [3.63, 3.8) is 0 Å². The van der Waals surface area contributed by atoms with Crippen LogP contribution in [0.15, 0.2) is 82.6 Å². The van der Waals surface area contributed by atoms with Crippen LogP contribution in [0.3, 0.4) is 0 Å². The molecule has 0 fully saturated rings. The molecule has 42 heavy (non-hydrogen) atoms. The third-order valence-corrected chi connectivity index (χ3v) is 9.22. The Hall–Kier alpha value is -4.10. The fourth-order valence-corrected chi connectivity index (χ4v) is 6.17. The number of hydrogen-bond donors (Lipinski definition) is 2. The van der Waals surface area contributed by atoms with Crippen LogP contribution in [-0.4, -0.2) is 42.6 Å². The Morgan fingerprint density at radius 2 is 0.952 bits per heavy atom. The van der Waals surface area contributed by atoms with E-state index in [4.69, 9.17) is 30.8 Å². The molecule has 1 aliphatic carbocycles. The van der Waals surface area contributed by atoms with E-state index in [2.05, 4.69) is 10.6 Å². The Labute approximate surface area is 250 Å². The lowest BCUT2D eigenvalue weighted by Crippen LogP contribution is -2.23. The standard InChI is InChI=1S/C28H20Cl2N2O8S2/c1-39-23-11-9-15(41(29,35)36)13-21(23)31-19-7-3-5-17-25(19)27(33)18-6-4-8-20(26(18)28(17)34)32-22-14-16(42(30,37)38)10-12-24(22)40-2/h3-14,31-32H,1-2H3. The van der Waals surface area contributed by atoms with Gasteiger partial charge in [0.05, 0.1) is 57.9 Å². The molecule has 0 spiro atoms. The zero-order chi connectivity index (χ0) is 30.4. The summed E-state index contributed by atoms with van der Waals surface area (Å²) in [6, 6.07) is 17.2. The first kappa shape index (κ1) is 29.4. The molecule has 4 aromatic carbocycles. The molecule has 0 aromatic heterocycles. The molecule has 10 nitrogen and oxygen atoms in total. The van der Waals surface area contributed by atoms with E-state index in [1.807, 2.05) is 0 Å². The normalized spacial score (nSPS) is 12.8. The van der Waals surface area contributed by atoms with Gasteiger partial charge in [-0.1, -0.05) is 24.3 Å². The van der Waals surface area contributed by atoms with Gasteiger partial charge < -0.3 is 20.1 Å². The number of benzene rings is 4. The molecule has 0 saturated heterocycles. The van der Waals surface area contributed by atoms with Gasteiger partial charge in [0.2, 0.25) is 0 Å². The number of carbonyl (C=O) groups excluding carboxylic acids is 2. The number of ketones is 2. The number of fused-ring (bicyclic) bond motifs is 2. The second-order valence-electron chi connectivity index (χ2n) is 8.96. The van der Waals surface area contributed by atoms with Crippen molar-refractivity contribution >= 4 is 73.8 Å². The second kappa shape index (κ2) is 11.0. The van der Waals surface area contributed by atoms with Crippen molar-refractivity contribution in [3.05, 3.63) is 95.1 Å². The van der Waals surface area contributed by atoms with E-state index in [1.165, 1.54) is 62.8 Å². The maximum absolute atomic E-state index is 13.9. The van der Waals surface area contributed by atoms with Crippen LogP contribution >= 0.6 is 21.4 Å². The van der Waals surface area contributed by atoms with Gasteiger partial charge in [-0.05, 0) is 48.5 Å². The summed E-state index contributed by atoms with van der Waals surface area (Å²) in [6.45, 7) is 0. The summed E-state index contributed by atoms with van der Waals surface area (Å²) in [4.78, 5) is 27.4. The largest absolute Gasteiger partial charge is 0.495 e. The summed E-state index contributed by atoms with van der Waals surface area (Å²) in [6.07, 6.45) is 0. The lowest BCUT2D eigenvalue weighted by atomic mass is 9.82. The molecule has 0 radical (unpaired) electrons. The van der Waals surface area contributed by atoms with Gasteiger partial charge in [-0.25, -0.2) is 16.8 Å². The zero-order valence-corrected chi connectivity index (χ0v) is 24.9. The number of anilines is 4. The van der Waals surface area contributed by atoms with Gasteiger partial charge in [-0.2, -0.15) is 0 Å². The molecule has 0 unspecified atom stereocenters. The van der Waals surface area contributed by atoms with Crippen molar-refractivity contribution in [1.29, 1.82) is 0 Å². The van der Waals surface area contributed by atoms with Crippen LogP contribution < -0.4 is 20.1 Å². The van der Waals surface area contributed by atoms with E-state index >= 15 is 0 Å². The molecule has 216 valence electrons. The minimum absolute atomic E-state index is 0.0705. The Morgan fingerprint density at radius 3 is 1.29 bits per heavy atom. The Morgan fingerprint density at radius 1 is 0.571 bits per heavy atom. The molecule has 4 aromatic rings. The zero-order valence-electron chi connectivity index (χ0n) is 21.8. The number of halogens is 2. The summed E-state index contributed by atoms with van der Waals surface area (Å²) >= 11 is 0.